The first kappa shape index (κ1) is 13.0. The minimum atomic E-state index is -0.841. The summed E-state index contributed by atoms with van der Waals surface area (Å²) >= 11 is 0. The van der Waals surface area contributed by atoms with Crippen LogP contribution in [0.4, 0.5) is 5.69 Å². The Morgan fingerprint density at radius 1 is 1.25 bits per heavy atom. The highest BCUT2D eigenvalue weighted by Gasteiger charge is 2.20. The third-order valence-electron chi connectivity index (χ3n) is 2.66. The van der Waals surface area contributed by atoms with Gasteiger partial charge in [-0.25, -0.2) is 0 Å². The molecule has 0 bridgehead atoms. The third kappa shape index (κ3) is 3.51. The van der Waals surface area contributed by atoms with Gasteiger partial charge in [0.2, 0.25) is 0 Å². The molecule has 0 aliphatic heterocycles. The van der Waals surface area contributed by atoms with Crippen molar-refractivity contribution in [3.63, 3.8) is 0 Å². The Labute approximate surface area is 97.9 Å². The minimum absolute atomic E-state index is 0.266. The molecule has 0 radical (unpaired) electrons. The smallest absolute Gasteiger partial charge is 0.0915 e. The van der Waals surface area contributed by atoms with Gasteiger partial charge >= 0.3 is 0 Å². The fourth-order valence-corrected chi connectivity index (χ4v) is 1.84. The topological polar surface area (TPSA) is 49.5 Å². The molecule has 0 spiro atoms. The highest BCUT2D eigenvalue weighted by molar-refractivity contribution is 5.50. The van der Waals surface area contributed by atoms with Crippen molar-refractivity contribution in [2.24, 2.45) is 5.73 Å². The van der Waals surface area contributed by atoms with Gasteiger partial charge in [-0.3, -0.25) is 0 Å². The van der Waals surface area contributed by atoms with Gasteiger partial charge in [0.1, 0.15) is 0 Å². The number of rotatable bonds is 4. The molecule has 0 amide bonds. The summed E-state index contributed by atoms with van der Waals surface area (Å²) in [5.74, 6) is 0. The van der Waals surface area contributed by atoms with Gasteiger partial charge in [0.15, 0.2) is 0 Å². The molecule has 16 heavy (non-hydrogen) atoms. The van der Waals surface area contributed by atoms with E-state index in [4.69, 9.17) is 5.73 Å². The molecule has 1 unspecified atom stereocenters. The molecule has 0 saturated carbocycles. The van der Waals surface area contributed by atoms with Gasteiger partial charge < -0.3 is 15.7 Å². The van der Waals surface area contributed by atoms with Gasteiger partial charge in [-0.1, -0.05) is 6.07 Å². The van der Waals surface area contributed by atoms with Crippen molar-refractivity contribution < 1.29 is 5.11 Å². The molecule has 0 fully saturated rings. The van der Waals surface area contributed by atoms with E-state index in [-0.39, 0.29) is 6.54 Å². The van der Waals surface area contributed by atoms with E-state index >= 15 is 0 Å². The van der Waals surface area contributed by atoms with Crippen molar-refractivity contribution in [3.05, 3.63) is 29.3 Å². The SMILES string of the molecule is Cc1cc(C)cc(N(C)CC(C)(O)CN)c1. The maximum atomic E-state index is 9.93. The Hall–Kier alpha value is -1.06. The zero-order valence-corrected chi connectivity index (χ0v) is 10.6. The van der Waals surface area contributed by atoms with Crippen molar-refractivity contribution in [1.29, 1.82) is 0 Å². The molecular formula is C13H22N2O. The molecule has 3 nitrogen and oxygen atoms in total. The van der Waals surface area contributed by atoms with Crippen LogP contribution in [0.25, 0.3) is 0 Å². The number of likely N-dealkylation sites (N-methyl/N-ethyl adjacent to an activating group) is 1. The number of aryl methyl sites for hydroxylation is 2. The molecule has 3 N–H and O–H groups in total. The first-order valence-electron chi connectivity index (χ1n) is 5.56. The lowest BCUT2D eigenvalue weighted by Crippen LogP contribution is -2.44. The molecule has 3 heteroatoms. The van der Waals surface area contributed by atoms with Crippen LogP contribution in [-0.4, -0.2) is 30.8 Å². The molecule has 1 rings (SSSR count). The van der Waals surface area contributed by atoms with Crippen LogP contribution in [0.3, 0.4) is 0 Å². The maximum absolute atomic E-state index is 9.93. The zero-order chi connectivity index (χ0) is 12.3. The van der Waals surface area contributed by atoms with Crippen molar-refractivity contribution >= 4 is 5.69 Å². The summed E-state index contributed by atoms with van der Waals surface area (Å²) in [5.41, 5.74) is 8.25. The van der Waals surface area contributed by atoms with Gasteiger partial charge in [0, 0.05) is 25.8 Å². The second-order valence-corrected chi connectivity index (χ2v) is 4.90. The predicted molar refractivity (Wildman–Crippen MR) is 68.9 cm³/mol. The van der Waals surface area contributed by atoms with Crippen molar-refractivity contribution in [2.75, 3.05) is 25.0 Å². The number of anilines is 1. The van der Waals surface area contributed by atoms with E-state index in [1.165, 1.54) is 11.1 Å². The normalized spacial score (nSPS) is 14.6. The number of hydrogen-bond acceptors (Lipinski definition) is 3. The Kier molecular flexibility index (Phi) is 3.94. The molecular weight excluding hydrogens is 200 g/mol. The summed E-state index contributed by atoms with van der Waals surface area (Å²) in [6.45, 7) is 6.71. The second kappa shape index (κ2) is 4.85. The van der Waals surface area contributed by atoms with Crippen LogP contribution in [0.1, 0.15) is 18.1 Å². The van der Waals surface area contributed by atoms with E-state index in [0.29, 0.717) is 6.54 Å². The van der Waals surface area contributed by atoms with E-state index in [2.05, 4.69) is 32.0 Å². The Morgan fingerprint density at radius 3 is 2.19 bits per heavy atom. The lowest BCUT2D eigenvalue weighted by Gasteiger charge is -2.29. The van der Waals surface area contributed by atoms with E-state index in [0.717, 1.165) is 5.69 Å². The Morgan fingerprint density at radius 2 is 1.75 bits per heavy atom. The Balaban J connectivity index is 2.84. The van der Waals surface area contributed by atoms with Crippen LogP contribution in [0, 0.1) is 13.8 Å². The van der Waals surface area contributed by atoms with Crippen LogP contribution in [0.2, 0.25) is 0 Å². The number of nitrogens with two attached hydrogens (primary N) is 1. The molecule has 0 saturated heterocycles. The molecule has 0 heterocycles. The zero-order valence-electron chi connectivity index (χ0n) is 10.6. The molecule has 1 aromatic rings. The third-order valence-corrected chi connectivity index (χ3v) is 2.66. The van der Waals surface area contributed by atoms with E-state index in [1.807, 2.05) is 11.9 Å². The highest BCUT2D eigenvalue weighted by Crippen LogP contribution is 2.19. The monoisotopic (exact) mass is 222 g/mol. The second-order valence-electron chi connectivity index (χ2n) is 4.90. The van der Waals surface area contributed by atoms with Crippen LogP contribution in [0.15, 0.2) is 18.2 Å². The number of aliphatic hydroxyl groups is 1. The largest absolute Gasteiger partial charge is 0.387 e. The molecule has 0 aliphatic carbocycles. The fourth-order valence-electron chi connectivity index (χ4n) is 1.84. The first-order chi connectivity index (χ1) is 7.34. The van der Waals surface area contributed by atoms with Crippen molar-refractivity contribution in [3.8, 4) is 0 Å². The van der Waals surface area contributed by atoms with Gasteiger partial charge in [-0.2, -0.15) is 0 Å². The summed E-state index contributed by atoms with van der Waals surface area (Å²) < 4.78 is 0. The van der Waals surface area contributed by atoms with E-state index in [9.17, 15) is 5.11 Å². The number of nitrogens with zero attached hydrogens (tertiary/aromatic N) is 1. The van der Waals surface area contributed by atoms with Crippen molar-refractivity contribution in [2.45, 2.75) is 26.4 Å². The summed E-state index contributed by atoms with van der Waals surface area (Å²) in [7, 11) is 1.97. The summed E-state index contributed by atoms with van der Waals surface area (Å²) in [5, 5.41) is 9.93. The van der Waals surface area contributed by atoms with Gasteiger partial charge in [0.25, 0.3) is 0 Å². The molecule has 1 atom stereocenters. The van der Waals surface area contributed by atoms with Crippen LogP contribution in [-0.2, 0) is 0 Å². The van der Waals surface area contributed by atoms with Gasteiger partial charge in [-0.15, -0.1) is 0 Å². The predicted octanol–water partition coefficient (Wildman–Crippen LogP) is 1.45. The molecule has 0 aromatic heterocycles. The van der Waals surface area contributed by atoms with Crippen molar-refractivity contribution in [1.82, 2.24) is 0 Å². The van der Waals surface area contributed by atoms with Crippen LogP contribution < -0.4 is 10.6 Å². The average molecular weight is 222 g/mol. The summed E-state index contributed by atoms with van der Waals surface area (Å²) in [6, 6.07) is 6.36. The lowest BCUT2D eigenvalue weighted by atomic mass is 10.1. The van der Waals surface area contributed by atoms with Crippen LogP contribution in [0.5, 0.6) is 0 Å². The molecule has 90 valence electrons. The summed E-state index contributed by atoms with van der Waals surface area (Å²) in [6.07, 6.45) is 0. The minimum Gasteiger partial charge on any atom is -0.387 e. The quantitative estimate of drug-likeness (QED) is 0.810. The lowest BCUT2D eigenvalue weighted by molar-refractivity contribution is 0.0772. The molecule has 0 aliphatic rings. The van der Waals surface area contributed by atoms with E-state index in [1.54, 1.807) is 6.92 Å². The maximum Gasteiger partial charge on any atom is 0.0915 e. The number of benzene rings is 1. The molecule has 1 aromatic carbocycles. The number of hydrogen-bond donors (Lipinski definition) is 2. The van der Waals surface area contributed by atoms with Gasteiger partial charge in [-0.05, 0) is 44.0 Å². The first-order valence-corrected chi connectivity index (χ1v) is 5.56. The standard InChI is InChI=1S/C13H22N2O/c1-10-5-11(2)7-12(6-10)15(4)9-13(3,16)8-14/h5-7,16H,8-9,14H2,1-4H3. The fraction of sp³-hybridized carbons (Fsp3) is 0.538. The summed E-state index contributed by atoms with van der Waals surface area (Å²) in [4.78, 5) is 2.03. The highest BCUT2D eigenvalue weighted by atomic mass is 16.3. The van der Waals surface area contributed by atoms with E-state index < -0.39 is 5.60 Å². The Bertz CT molecular complexity index is 341. The average Bonchev–Trinajstić information content (AvgIpc) is 2.15. The van der Waals surface area contributed by atoms with Crippen LogP contribution >= 0.6 is 0 Å². The van der Waals surface area contributed by atoms with Gasteiger partial charge in [0.05, 0.1) is 5.60 Å².